The summed E-state index contributed by atoms with van der Waals surface area (Å²) in [6.45, 7) is 8.34. The molecule has 0 bridgehead atoms. The highest BCUT2D eigenvalue weighted by molar-refractivity contribution is 5.77. The molecule has 0 unspecified atom stereocenters. The van der Waals surface area contributed by atoms with Crippen molar-refractivity contribution < 1.29 is 43.2 Å². The topological polar surface area (TPSA) is 133 Å². The summed E-state index contributed by atoms with van der Waals surface area (Å²) in [6.07, 6.45) is 6.05. The van der Waals surface area contributed by atoms with Crippen LogP contribution >= 0.6 is 0 Å². The van der Waals surface area contributed by atoms with Crippen LogP contribution in [0.15, 0.2) is 0 Å². The third-order valence-electron chi connectivity index (χ3n) is 5.37. The molecule has 1 rings (SSSR count). The molecule has 0 aromatic heterocycles. The molecule has 0 saturated heterocycles. The van der Waals surface area contributed by atoms with Crippen LogP contribution in [-0.4, -0.2) is 106 Å². The van der Waals surface area contributed by atoms with E-state index in [1.165, 1.54) is 32.1 Å². The van der Waals surface area contributed by atoms with Crippen LogP contribution in [0.25, 0.3) is 0 Å². The first kappa shape index (κ1) is 32.1. The van der Waals surface area contributed by atoms with Crippen molar-refractivity contribution in [1.29, 1.82) is 0 Å². The van der Waals surface area contributed by atoms with Crippen LogP contribution in [0.2, 0.25) is 0 Å². The van der Waals surface area contributed by atoms with E-state index < -0.39 is 24.2 Å². The molecular weight excluding hydrogens is 472 g/mol. The monoisotopic (exact) mass is 518 g/mol. The Kier molecular flexibility index (Phi) is 17.1. The maximum atomic E-state index is 12.1. The second kappa shape index (κ2) is 19.2. The van der Waals surface area contributed by atoms with E-state index in [0.29, 0.717) is 65.1 Å². The van der Waals surface area contributed by atoms with Crippen molar-refractivity contribution in [2.24, 2.45) is 5.92 Å². The van der Waals surface area contributed by atoms with Gasteiger partial charge in [-0.25, -0.2) is 4.79 Å². The number of hydrogen-bond acceptors (Lipinski definition) is 8. The number of ether oxygens (including phenoxy) is 5. The van der Waals surface area contributed by atoms with Gasteiger partial charge < -0.3 is 34.1 Å². The van der Waals surface area contributed by atoms with Crippen LogP contribution in [0.3, 0.4) is 0 Å². The van der Waals surface area contributed by atoms with Crippen molar-refractivity contribution in [1.82, 2.24) is 10.2 Å². The van der Waals surface area contributed by atoms with E-state index in [4.69, 9.17) is 28.8 Å². The summed E-state index contributed by atoms with van der Waals surface area (Å²) in [7, 11) is 0. The number of carboxylic acids is 1. The lowest BCUT2D eigenvalue weighted by atomic mass is 9.87. The van der Waals surface area contributed by atoms with Crippen molar-refractivity contribution in [3.05, 3.63) is 0 Å². The average molecular weight is 519 g/mol. The standard InChI is InChI=1S/C25H46N2O9/c1-25(2,3)36-24(31)27(20-23(29)30)10-12-33-14-16-35-18-17-34-15-13-32-11-9-26-22(28)19-21-7-5-4-6-8-21/h21H,4-20H2,1-3H3,(H,26,28)(H,29,30). The van der Waals surface area contributed by atoms with Gasteiger partial charge in [0.2, 0.25) is 5.91 Å². The normalized spacial score (nSPS) is 14.4. The van der Waals surface area contributed by atoms with Gasteiger partial charge in [0.15, 0.2) is 0 Å². The van der Waals surface area contributed by atoms with Gasteiger partial charge in [0.05, 0.1) is 52.9 Å². The summed E-state index contributed by atoms with van der Waals surface area (Å²) < 4.78 is 26.9. The Morgan fingerprint density at radius 1 is 0.833 bits per heavy atom. The lowest BCUT2D eigenvalue weighted by molar-refractivity contribution is -0.138. The van der Waals surface area contributed by atoms with Gasteiger partial charge in [0.1, 0.15) is 12.1 Å². The quantitative estimate of drug-likeness (QED) is 0.247. The van der Waals surface area contributed by atoms with Crippen molar-refractivity contribution in [3.8, 4) is 0 Å². The molecule has 2 amide bonds. The summed E-state index contributed by atoms with van der Waals surface area (Å²) in [4.78, 5) is 36.0. The van der Waals surface area contributed by atoms with Gasteiger partial charge in [-0.1, -0.05) is 19.3 Å². The Morgan fingerprint density at radius 3 is 1.89 bits per heavy atom. The Balaban J connectivity index is 1.90. The third kappa shape index (κ3) is 18.3. The summed E-state index contributed by atoms with van der Waals surface area (Å²) in [5, 5.41) is 11.9. The molecule has 0 aromatic carbocycles. The highest BCUT2D eigenvalue weighted by atomic mass is 16.6. The number of aliphatic carboxylic acids is 1. The molecule has 0 heterocycles. The molecule has 0 aliphatic heterocycles. The molecule has 1 aliphatic rings. The van der Waals surface area contributed by atoms with Crippen LogP contribution in [0.4, 0.5) is 4.79 Å². The maximum absolute atomic E-state index is 12.1. The number of carboxylic acid groups (broad SMARTS) is 1. The largest absolute Gasteiger partial charge is 0.480 e. The van der Waals surface area contributed by atoms with Gasteiger partial charge in [0, 0.05) is 19.5 Å². The fourth-order valence-corrected chi connectivity index (χ4v) is 3.65. The van der Waals surface area contributed by atoms with Gasteiger partial charge in [-0.15, -0.1) is 0 Å². The van der Waals surface area contributed by atoms with Crippen LogP contribution in [0.1, 0.15) is 59.3 Å². The number of amides is 2. The minimum absolute atomic E-state index is 0.106. The van der Waals surface area contributed by atoms with Crippen LogP contribution in [-0.2, 0) is 33.3 Å². The number of nitrogens with one attached hydrogen (secondary N) is 1. The summed E-state index contributed by atoms with van der Waals surface area (Å²) in [5.41, 5.74) is -0.706. The molecule has 11 heteroatoms. The molecule has 36 heavy (non-hydrogen) atoms. The summed E-state index contributed by atoms with van der Waals surface area (Å²) in [6, 6.07) is 0. The lowest BCUT2D eigenvalue weighted by Crippen LogP contribution is -2.41. The van der Waals surface area contributed by atoms with E-state index in [9.17, 15) is 14.4 Å². The molecular formula is C25H46N2O9. The van der Waals surface area contributed by atoms with Crippen molar-refractivity contribution in [3.63, 3.8) is 0 Å². The van der Waals surface area contributed by atoms with E-state index in [-0.39, 0.29) is 19.1 Å². The van der Waals surface area contributed by atoms with Gasteiger partial charge in [0.25, 0.3) is 0 Å². The predicted molar refractivity (Wildman–Crippen MR) is 133 cm³/mol. The van der Waals surface area contributed by atoms with Gasteiger partial charge in [-0.3, -0.25) is 14.5 Å². The molecule has 0 spiro atoms. The van der Waals surface area contributed by atoms with E-state index in [2.05, 4.69) is 5.32 Å². The molecule has 0 aromatic rings. The van der Waals surface area contributed by atoms with Crippen LogP contribution in [0, 0.1) is 5.92 Å². The number of carbonyl (C=O) groups is 3. The lowest BCUT2D eigenvalue weighted by Gasteiger charge is -2.26. The second-order valence-corrected chi connectivity index (χ2v) is 9.80. The fraction of sp³-hybridized carbons (Fsp3) is 0.880. The molecule has 11 nitrogen and oxygen atoms in total. The predicted octanol–water partition coefficient (Wildman–Crippen LogP) is 2.46. The van der Waals surface area contributed by atoms with Crippen LogP contribution in [0.5, 0.6) is 0 Å². The first-order chi connectivity index (χ1) is 17.2. The Bertz CT molecular complexity index is 619. The number of hydrogen-bond donors (Lipinski definition) is 2. The zero-order valence-corrected chi connectivity index (χ0v) is 22.3. The van der Waals surface area contributed by atoms with Gasteiger partial charge in [-0.2, -0.15) is 0 Å². The molecule has 2 N–H and O–H groups in total. The van der Waals surface area contributed by atoms with Crippen LogP contribution < -0.4 is 5.32 Å². The first-order valence-electron chi connectivity index (χ1n) is 12.9. The maximum Gasteiger partial charge on any atom is 0.410 e. The Morgan fingerprint density at radius 2 is 1.36 bits per heavy atom. The van der Waals surface area contributed by atoms with E-state index >= 15 is 0 Å². The molecule has 210 valence electrons. The number of nitrogens with zero attached hydrogens (tertiary/aromatic N) is 1. The molecule has 0 atom stereocenters. The first-order valence-corrected chi connectivity index (χ1v) is 12.9. The average Bonchev–Trinajstić information content (AvgIpc) is 2.80. The minimum Gasteiger partial charge on any atom is -0.480 e. The van der Waals surface area contributed by atoms with Crippen molar-refractivity contribution in [2.75, 3.05) is 72.5 Å². The van der Waals surface area contributed by atoms with Crippen molar-refractivity contribution in [2.45, 2.75) is 64.9 Å². The fourth-order valence-electron chi connectivity index (χ4n) is 3.65. The summed E-state index contributed by atoms with van der Waals surface area (Å²) in [5.74, 6) is -0.463. The van der Waals surface area contributed by atoms with Gasteiger partial charge >= 0.3 is 12.1 Å². The zero-order chi connectivity index (χ0) is 26.7. The third-order valence-corrected chi connectivity index (χ3v) is 5.37. The highest BCUT2D eigenvalue weighted by Crippen LogP contribution is 2.25. The second-order valence-electron chi connectivity index (χ2n) is 9.80. The van der Waals surface area contributed by atoms with E-state index in [1.54, 1.807) is 20.8 Å². The molecule has 0 radical (unpaired) electrons. The van der Waals surface area contributed by atoms with Gasteiger partial charge in [-0.05, 0) is 39.5 Å². The number of carbonyl (C=O) groups excluding carboxylic acids is 2. The molecule has 1 aliphatic carbocycles. The van der Waals surface area contributed by atoms with E-state index in [1.807, 2.05) is 0 Å². The molecule has 1 saturated carbocycles. The zero-order valence-electron chi connectivity index (χ0n) is 22.3. The minimum atomic E-state index is -1.12. The smallest absolute Gasteiger partial charge is 0.410 e. The summed E-state index contributed by atoms with van der Waals surface area (Å²) >= 11 is 0. The highest BCUT2D eigenvalue weighted by Gasteiger charge is 2.23. The Labute approximate surface area is 215 Å². The molecule has 1 fully saturated rings. The SMILES string of the molecule is CC(C)(C)OC(=O)N(CCOCCOCCOCCOCCNC(=O)CC1CCCCC1)CC(=O)O. The number of rotatable bonds is 19. The van der Waals surface area contributed by atoms with Crippen molar-refractivity contribution >= 4 is 18.0 Å². The van der Waals surface area contributed by atoms with E-state index in [0.717, 1.165) is 4.90 Å². The Hall–Kier alpha value is -1.95.